The van der Waals surface area contributed by atoms with Gasteiger partial charge in [-0.25, -0.2) is 4.79 Å². The molecule has 3 N–H and O–H groups in total. The van der Waals surface area contributed by atoms with Gasteiger partial charge in [0, 0.05) is 23.5 Å². The van der Waals surface area contributed by atoms with Gasteiger partial charge in [-0.1, -0.05) is 93.6 Å². The van der Waals surface area contributed by atoms with Crippen LogP contribution in [-0.4, -0.2) is 74.7 Å². The molecule has 2 unspecified atom stereocenters. The zero-order valence-electron chi connectivity index (χ0n) is 26.8. The molecule has 3 aliphatic carbocycles. The Bertz CT molecular complexity index is 1530. The van der Waals surface area contributed by atoms with E-state index >= 15 is 0 Å². The third kappa shape index (κ3) is 4.03. The molecule has 0 radical (unpaired) electrons. The van der Waals surface area contributed by atoms with Crippen molar-refractivity contribution < 1.29 is 43.8 Å². The van der Waals surface area contributed by atoms with Gasteiger partial charge < -0.3 is 39.0 Å². The fourth-order valence-corrected chi connectivity index (χ4v) is 9.20. The van der Waals surface area contributed by atoms with Gasteiger partial charge in [-0.15, -0.1) is 0 Å². The van der Waals surface area contributed by atoms with E-state index in [9.17, 15) is 20.1 Å². The first kappa shape index (κ1) is 31.7. The van der Waals surface area contributed by atoms with Gasteiger partial charge in [0.15, 0.2) is 6.10 Å². The van der Waals surface area contributed by atoms with Crippen LogP contribution in [0.1, 0.15) is 52.5 Å². The maximum absolute atomic E-state index is 13.2. The number of carbonyl (C=O) groups excluding carboxylic acids is 1. The molecule has 1 aromatic carbocycles. The molecule has 0 spiro atoms. The molecular weight excluding hydrogens is 588 g/mol. The van der Waals surface area contributed by atoms with Crippen LogP contribution in [0.15, 0.2) is 90.6 Å². The monoisotopic (exact) mass is 632 g/mol. The maximum atomic E-state index is 13.2. The summed E-state index contributed by atoms with van der Waals surface area (Å²) in [5, 5.41) is 35.9. The molecule has 0 amide bonds. The second-order valence-corrected chi connectivity index (χ2v) is 13.9. The number of epoxide rings is 1. The highest BCUT2D eigenvalue weighted by molar-refractivity contribution is 5.82. The van der Waals surface area contributed by atoms with Crippen molar-refractivity contribution in [2.24, 2.45) is 17.8 Å². The van der Waals surface area contributed by atoms with Gasteiger partial charge in [0.2, 0.25) is 0 Å². The first-order valence-electron chi connectivity index (χ1n) is 16.3. The van der Waals surface area contributed by atoms with Gasteiger partial charge in [0.1, 0.15) is 35.1 Å². The normalized spacial score (nSPS) is 46.7. The Morgan fingerprint density at radius 1 is 1.11 bits per heavy atom. The molecule has 0 aromatic heterocycles. The van der Waals surface area contributed by atoms with Crippen LogP contribution in [0.5, 0.6) is 0 Å². The summed E-state index contributed by atoms with van der Waals surface area (Å²) in [5.74, 6) is -4.03. The van der Waals surface area contributed by atoms with Crippen LogP contribution in [0, 0.1) is 17.8 Å². The van der Waals surface area contributed by atoms with Crippen LogP contribution in [0.25, 0.3) is 0 Å². The van der Waals surface area contributed by atoms with Gasteiger partial charge in [0.25, 0.3) is 0 Å². The smallest absolute Gasteiger partial charge is 0.331 e. The van der Waals surface area contributed by atoms with Crippen molar-refractivity contribution in [1.29, 1.82) is 0 Å². The zero-order chi connectivity index (χ0) is 32.7. The standard InChI is InChI=1S/C37H44O9/c1-6-7-8-9-10-11-15-18-27(39)42-29-23(4)19-26-35(29,41)32(40)34(21-38)31(43-34)28-30-33(22(2)3)20-24(5)36(26,28)46-37(44-30,45-33)25-16-13-12-14-17-25/h8-19,24,26,28-32,38,40-41H,2,6-7,20-21H2,1,3-5H3/b9-8+,11-10+,18-15+/t24-,26?,28?,29+,30-,31+,32-,33-,34+,35-,36+,37-/m1/s1. The van der Waals surface area contributed by atoms with E-state index < -0.39 is 77.2 Å². The lowest BCUT2D eigenvalue weighted by atomic mass is 9.54. The van der Waals surface area contributed by atoms with E-state index in [1.807, 2.05) is 68.5 Å². The van der Waals surface area contributed by atoms with E-state index in [1.54, 1.807) is 19.1 Å². The highest BCUT2D eigenvalue weighted by Crippen LogP contribution is 2.74. The SMILES string of the molecule is C=C(C)[C@]12C[C@@H](C)[C@@]34O[C@](c5ccccc5)(O[C@@H]1C3[C@@H]1O[C@]1(CO)[C@@H](O)[C@@]1(O)C4C=C(C)[C@@H]1OC(=O)/C=C/C=C/C=C/CCC)O2. The summed E-state index contributed by atoms with van der Waals surface area (Å²) in [5.41, 5.74) is -3.83. The van der Waals surface area contributed by atoms with E-state index in [-0.39, 0.29) is 5.92 Å². The minimum Gasteiger partial charge on any atom is -0.451 e. The van der Waals surface area contributed by atoms with Crippen molar-refractivity contribution in [2.75, 3.05) is 6.61 Å². The molecule has 3 saturated heterocycles. The van der Waals surface area contributed by atoms with Crippen LogP contribution in [0.2, 0.25) is 0 Å². The van der Waals surface area contributed by atoms with Gasteiger partial charge >= 0.3 is 11.9 Å². The van der Waals surface area contributed by atoms with E-state index in [1.165, 1.54) is 6.08 Å². The predicted molar refractivity (Wildman–Crippen MR) is 168 cm³/mol. The molecule has 7 rings (SSSR count). The molecule has 3 heterocycles. The average molecular weight is 633 g/mol. The molecule has 46 heavy (non-hydrogen) atoms. The average Bonchev–Trinajstić information content (AvgIpc) is 3.67. The van der Waals surface area contributed by atoms with Gasteiger partial charge in [-0.3, -0.25) is 0 Å². The molecule has 5 fully saturated rings. The summed E-state index contributed by atoms with van der Waals surface area (Å²) < 4.78 is 33.1. The molecule has 3 aliphatic heterocycles. The molecule has 9 heteroatoms. The largest absolute Gasteiger partial charge is 0.451 e. The first-order chi connectivity index (χ1) is 22.0. The molecule has 6 aliphatic rings. The second kappa shape index (κ2) is 10.8. The number of carbonyl (C=O) groups is 1. The summed E-state index contributed by atoms with van der Waals surface area (Å²) in [4.78, 5) is 13.2. The van der Waals surface area contributed by atoms with E-state index in [0.717, 1.165) is 18.4 Å². The lowest BCUT2D eigenvalue weighted by Gasteiger charge is -2.60. The van der Waals surface area contributed by atoms with Crippen molar-refractivity contribution in [2.45, 2.75) is 99.8 Å². The number of rotatable bonds is 9. The number of ether oxygens (including phenoxy) is 5. The number of unbranched alkanes of at least 4 members (excludes halogenated alkanes) is 1. The van der Waals surface area contributed by atoms with Crippen LogP contribution in [0.4, 0.5) is 0 Å². The molecule has 2 saturated carbocycles. The predicted octanol–water partition coefficient (Wildman–Crippen LogP) is 4.14. The number of aliphatic hydroxyl groups excluding tert-OH is 2. The molecular formula is C37H44O9. The van der Waals surface area contributed by atoms with Crippen molar-refractivity contribution in [1.82, 2.24) is 0 Å². The maximum Gasteiger partial charge on any atom is 0.331 e. The molecule has 1 aromatic rings. The zero-order valence-corrected chi connectivity index (χ0v) is 26.8. The Labute approximate surface area is 269 Å². The van der Waals surface area contributed by atoms with Crippen LogP contribution < -0.4 is 0 Å². The van der Waals surface area contributed by atoms with E-state index in [0.29, 0.717) is 17.6 Å². The van der Waals surface area contributed by atoms with E-state index in [4.69, 9.17) is 23.7 Å². The van der Waals surface area contributed by atoms with Crippen molar-refractivity contribution in [3.63, 3.8) is 0 Å². The Hall–Kier alpha value is -2.89. The minimum atomic E-state index is -2.11. The Morgan fingerprint density at radius 2 is 1.85 bits per heavy atom. The van der Waals surface area contributed by atoms with Crippen molar-refractivity contribution in [3.8, 4) is 0 Å². The van der Waals surface area contributed by atoms with E-state index in [2.05, 4.69) is 13.5 Å². The Morgan fingerprint density at radius 3 is 2.54 bits per heavy atom. The minimum absolute atomic E-state index is 0.272. The number of allylic oxidation sites excluding steroid dienone is 5. The van der Waals surface area contributed by atoms with Gasteiger partial charge in [-0.05, 0) is 43.8 Å². The number of benzene rings is 1. The molecule has 12 atom stereocenters. The fraction of sp³-hybridized carbons (Fsp3) is 0.541. The topological polar surface area (TPSA) is 127 Å². The summed E-state index contributed by atoms with van der Waals surface area (Å²) in [6.07, 6.45) is 10.5. The summed E-state index contributed by atoms with van der Waals surface area (Å²) in [6, 6.07) is 9.40. The lowest BCUT2D eigenvalue weighted by molar-refractivity contribution is -0.441. The van der Waals surface area contributed by atoms with Crippen molar-refractivity contribution >= 4 is 5.97 Å². The van der Waals surface area contributed by atoms with Crippen LogP contribution >= 0.6 is 0 Å². The number of esters is 1. The molecule has 3 bridgehead atoms. The molecule has 246 valence electrons. The summed E-state index contributed by atoms with van der Waals surface area (Å²) in [6.45, 7) is 11.6. The summed E-state index contributed by atoms with van der Waals surface area (Å²) >= 11 is 0. The second-order valence-electron chi connectivity index (χ2n) is 13.9. The summed E-state index contributed by atoms with van der Waals surface area (Å²) in [7, 11) is 0. The van der Waals surface area contributed by atoms with Gasteiger partial charge in [0.05, 0.1) is 12.2 Å². The third-order valence-electron chi connectivity index (χ3n) is 11.3. The Balaban J connectivity index is 1.32. The number of hydrogen-bond donors (Lipinski definition) is 3. The Kier molecular flexibility index (Phi) is 7.45. The lowest BCUT2D eigenvalue weighted by Crippen LogP contribution is -2.72. The number of aliphatic hydroxyl groups is 3. The van der Waals surface area contributed by atoms with Crippen molar-refractivity contribution in [3.05, 3.63) is 96.2 Å². The van der Waals surface area contributed by atoms with Gasteiger partial charge in [-0.2, -0.15) is 0 Å². The fourth-order valence-electron chi connectivity index (χ4n) is 9.20. The number of fused-ring (bicyclic) bond motifs is 3. The quantitative estimate of drug-likeness (QED) is 0.121. The number of hydrogen-bond acceptors (Lipinski definition) is 9. The third-order valence-corrected chi connectivity index (χ3v) is 11.3. The first-order valence-corrected chi connectivity index (χ1v) is 16.3. The highest BCUT2D eigenvalue weighted by Gasteiger charge is 2.88. The highest BCUT2D eigenvalue weighted by atomic mass is 16.9. The van der Waals surface area contributed by atoms with Crippen LogP contribution in [-0.2, 0) is 34.5 Å². The molecule has 9 nitrogen and oxygen atoms in total. The van der Waals surface area contributed by atoms with Crippen LogP contribution in [0.3, 0.4) is 0 Å².